The number of aromatic carboxylic acids is 1. The minimum absolute atomic E-state index is 0. The molecule has 0 aliphatic heterocycles. The maximum atomic E-state index is 10.7. The van der Waals surface area contributed by atoms with Gasteiger partial charge in [-0.1, -0.05) is 5.16 Å². The van der Waals surface area contributed by atoms with Gasteiger partial charge in [0.2, 0.25) is 0 Å². The summed E-state index contributed by atoms with van der Waals surface area (Å²) in [6.45, 7) is 2.23. The number of rotatable bonds is 3. The van der Waals surface area contributed by atoms with Gasteiger partial charge in [-0.25, -0.2) is 4.79 Å². The van der Waals surface area contributed by atoms with Crippen LogP contribution in [-0.4, -0.2) is 35.2 Å². The zero-order chi connectivity index (χ0) is 10.0. The van der Waals surface area contributed by atoms with E-state index in [1.165, 1.54) is 0 Å². The highest BCUT2D eigenvalue weighted by Gasteiger charge is 2.18. The molecule has 0 atom stereocenters. The van der Waals surface area contributed by atoms with Crippen molar-refractivity contribution in [2.75, 3.05) is 14.1 Å². The molecule has 0 saturated heterocycles. The first kappa shape index (κ1) is 13.1. The Morgan fingerprint density at radius 1 is 1.57 bits per heavy atom. The normalized spacial score (nSPS) is 10.0. The van der Waals surface area contributed by atoms with Gasteiger partial charge in [-0.05, 0) is 21.0 Å². The average molecular weight is 265 g/mol. The van der Waals surface area contributed by atoms with Crippen molar-refractivity contribution in [2.45, 2.75) is 13.5 Å². The van der Waals surface area contributed by atoms with E-state index in [-0.39, 0.29) is 22.7 Å². The molecule has 0 aromatic carbocycles. The zero-order valence-corrected chi connectivity index (χ0v) is 9.99. The fraction of sp³-hybridized carbons (Fsp3) is 0.500. The van der Waals surface area contributed by atoms with Crippen molar-refractivity contribution >= 4 is 23.0 Å². The molecule has 0 fully saturated rings. The number of hydrogen-bond acceptors (Lipinski definition) is 4. The minimum Gasteiger partial charge on any atom is -0.476 e. The van der Waals surface area contributed by atoms with Crippen LogP contribution in [0.1, 0.15) is 21.8 Å². The lowest BCUT2D eigenvalue weighted by Crippen LogP contribution is -2.14. The molecule has 1 N–H and O–H groups in total. The number of carbonyl (C=O) groups is 1. The Morgan fingerprint density at radius 2 is 2.14 bits per heavy atom. The first-order valence-electron chi connectivity index (χ1n) is 3.85. The van der Waals surface area contributed by atoms with E-state index < -0.39 is 5.97 Å². The van der Waals surface area contributed by atoms with Crippen molar-refractivity contribution in [1.29, 1.82) is 0 Å². The summed E-state index contributed by atoms with van der Waals surface area (Å²) >= 11 is 0. The van der Waals surface area contributed by atoms with Gasteiger partial charge in [0.05, 0.1) is 0 Å². The van der Waals surface area contributed by atoms with Gasteiger partial charge in [-0.3, -0.25) is 0 Å². The molecule has 0 bridgehead atoms. The molecule has 1 aromatic rings. The summed E-state index contributed by atoms with van der Waals surface area (Å²) in [4.78, 5) is 12.5. The monoisotopic (exact) mass is 264 g/mol. The number of aromatic nitrogens is 1. The highest BCUT2D eigenvalue weighted by molar-refractivity contribution is 8.93. The molecule has 80 valence electrons. The van der Waals surface area contributed by atoms with Crippen LogP contribution in [0.3, 0.4) is 0 Å². The van der Waals surface area contributed by atoms with Crippen LogP contribution in [-0.2, 0) is 6.54 Å². The maximum Gasteiger partial charge on any atom is 0.358 e. The smallest absolute Gasteiger partial charge is 0.358 e. The van der Waals surface area contributed by atoms with Gasteiger partial charge in [0.1, 0.15) is 5.76 Å². The molecule has 5 nitrogen and oxygen atoms in total. The first-order chi connectivity index (χ1) is 6.02. The van der Waals surface area contributed by atoms with Crippen molar-refractivity contribution in [1.82, 2.24) is 10.1 Å². The summed E-state index contributed by atoms with van der Waals surface area (Å²) in [5.41, 5.74) is 0.642. The van der Waals surface area contributed by atoms with Crippen LogP contribution in [0.15, 0.2) is 4.52 Å². The summed E-state index contributed by atoms with van der Waals surface area (Å²) in [6.07, 6.45) is 0. The predicted molar refractivity (Wildman–Crippen MR) is 55.9 cm³/mol. The number of hydrogen-bond donors (Lipinski definition) is 1. The highest BCUT2D eigenvalue weighted by Crippen LogP contribution is 2.14. The third-order valence-electron chi connectivity index (χ3n) is 1.66. The van der Waals surface area contributed by atoms with E-state index in [4.69, 9.17) is 9.63 Å². The Kier molecular flexibility index (Phi) is 4.79. The molecule has 0 saturated carbocycles. The molecule has 0 unspecified atom stereocenters. The second-order valence-corrected chi connectivity index (χ2v) is 3.11. The number of carboxylic acids is 1. The molecule has 14 heavy (non-hydrogen) atoms. The van der Waals surface area contributed by atoms with Gasteiger partial charge < -0.3 is 14.5 Å². The maximum absolute atomic E-state index is 10.7. The van der Waals surface area contributed by atoms with Crippen LogP contribution >= 0.6 is 17.0 Å². The van der Waals surface area contributed by atoms with Crippen molar-refractivity contribution in [3.05, 3.63) is 17.0 Å². The average Bonchev–Trinajstić information content (AvgIpc) is 2.32. The third kappa shape index (κ3) is 2.81. The molecule has 0 amide bonds. The molecular formula is C8H13BrN2O3. The largest absolute Gasteiger partial charge is 0.476 e. The lowest BCUT2D eigenvalue weighted by Gasteiger charge is -2.07. The third-order valence-corrected chi connectivity index (χ3v) is 1.66. The van der Waals surface area contributed by atoms with Crippen LogP contribution in [0.5, 0.6) is 0 Å². The van der Waals surface area contributed by atoms with Crippen molar-refractivity contribution in [3.8, 4) is 0 Å². The summed E-state index contributed by atoms with van der Waals surface area (Å²) < 4.78 is 4.80. The molecular weight excluding hydrogens is 252 g/mol. The Labute approximate surface area is 92.4 Å². The molecule has 1 heterocycles. The quantitative estimate of drug-likeness (QED) is 0.892. The van der Waals surface area contributed by atoms with Crippen LogP contribution in [0.4, 0.5) is 0 Å². The van der Waals surface area contributed by atoms with E-state index in [9.17, 15) is 4.79 Å². The second-order valence-electron chi connectivity index (χ2n) is 3.11. The van der Waals surface area contributed by atoms with Gasteiger partial charge in [-0.2, -0.15) is 0 Å². The first-order valence-corrected chi connectivity index (χ1v) is 3.85. The minimum atomic E-state index is -1.05. The van der Waals surface area contributed by atoms with Gasteiger partial charge in [0.25, 0.3) is 0 Å². The molecule has 0 spiro atoms. The van der Waals surface area contributed by atoms with Gasteiger partial charge in [0, 0.05) is 12.1 Å². The standard InChI is InChI=1S/C8H12N2O3.BrH/c1-5-6(4-10(2)3)7(8(11)12)9-13-5;/h4H2,1-3H3,(H,11,12);1H. The van der Waals surface area contributed by atoms with Crippen LogP contribution < -0.4 is 0 Å². The lowest BCUT2D eigenvalue weighted by atomic mass is 10.2. The van der Waals surface area contributed by atoms with E-state index in [1.807, 2.05) is 19.0 Å². The zero-order valence-electron chi connectivity index (χ0n) is 8.27. The van der Waals surface area contributed by atoms with E-state index in [1.54, 1.807) is 6.92 Å². The van der Waals surface area contributed by atoms with E-state index >= 15 is 0 Å². The molecule has 0 radical (unpaired) electrons. The van der Waals surface area contributed by atoms with E-state index in [0.717, 1.165) is 0 Å². The molecule has 0 aliphatic rings. The van der Waals surface area contributed by atoms with Crippen LogP contribution in [0.25, 0.3) is 0 Å². The van der Waals surface area contributed by atoms with Crippen molar-refractivity contribution < 1.29 is 14.4 Å². The van der Waals surface area contributed by atoms with E-state index in [0.29, 0.717) is 17.9 Å². The lowest BCUT2D eigenvalue weighted by molar-refractivity contribution is 0.0684. The fourth-order valence-electron chi connectivity index (χ4n) is 1.06. The number of halogens is 1. The Morgan fingerprint density at radius 3 is 2.57 bits per heavy atom. The Bertz CT molecular complexity index is 322. The number of nitrogens with zero attached hydrogens (tertiary/aromatic N) is 2. The molecule has 1 aromatic heterocycles. The summed E-state index contributed by atoms with van der Waals surface area (Å²) in [5.74, 6) is -0.486. The topological polar surface area (TPSA) is 66.6 Å². The van der Waals surface area contributed by atoms with Crippen molar-refractivity contribution in [3.63, 3.8) is 0 Å². The van der Waals surface area contributed by atoms with Gasteiger partial charge in [0.15, 0.2) is 5.69 Å². The summed E-state index contributed by atoms with van der Waals surface area (Å²) in [5, 5.41) is 12.2. The number of carboxylic acid groups (broad SMARTS) is 1. The van der Waals surface area contributed by atoms with Crippen LogP contribution in [0.2, 0.25) is 0 Å². The Hall–Kier alpha value is -0.880. The summed E-state index contributed by atoms with van der Waals surface area (Å²) in [6, 6.07) is 0. The predicted octanol–water partition coefficient (Wildman–Crippen LogP) is 1.32. The van der Waals surface area contributed by atoms with Crippen molar-refractivity contribution in [2.24, 2.45) is 0 Å². The van der Waals surface area contributed by atoms with Crippen LogP contribution in [0, 0.1) is 6.92 Å². The molecule has 6 heteroatoms. The molecule has 1 rings (SSSR count). The second kappa shape index (κ2) is 5.11. The van der Waals surface area contributed by atoms with Gasteiger partial charge in [-0.15, -0.1) is 17.0 Å². The highest BCUT2D eigenvalue weighted by atomic mass is 79.9. The number of aryl methyl sites for hydroxylation is 1. The van der Waals surface area contributed by atoms with E-state index in [2.05, 4.69) is 5.16 Å². The SMILES string of the molecule is Br.Cc1onc(C(=O)O)c1CN(C)C. The summed E-state index contributed by atoms with van der Waals surface area (Å²) in [7, 11) is 3.72. The fourth-order valence-corrected chi connectivity index (χ4v) is 1.06. The van der Waals surface area contributed by atoms with Gasteiger partial charge >= 0.3 is 5.97 Å². The Balaban J connectivity index is 0.00000169. The molecule has 0 aliphatic carbocycles.